The van der Waals surface area contributed by atoms with E-state index in [1.807, 2.05) is 0 Å². The second-order valence-electron chi connectivity index (χ2n) is 4.80. The first-order valence-electron chi connectivity index (χ1n) is 6.99. The fraction of sp³-hybridized carbons (Fsp3) is 0.125. The fourth-order valence-electron chi connectivity index (χ4n) is 1.95. The Morgan fingerprint density at radius 1 is 1.13 bits per heavy atom. The lowest BCUT2D eigenvalue weighted by atomic mass is 10.2. The first-order chi connectivity index (χ1) is 11.2. The maximum atomic E-state index is 11.9. The van der Waals surface area contributed by atoms with Crippen LogP contribution in [0.1, 0.15) is 12.3 Å². The molecule has 2 aromatic heterocycles. The predicted octanol–water partition coefficient (Wildman–Crippen LogP) is 3.36. The van der Waals surface area contributed by atoms with Gasteiger partial charge in [-0.1, -0.05) is 16.8 Å². The van der Waals surface area contributed by atoms with Gasteiger partial charge in [0.05, 0.1) is 0 Å². The van der Waals surface area contributed by atoms with Crippen LogP contribution in [0.25, 0.3) is 11.4 Å². The molecule has 0 saturated carbocycles. The van der Waals surface area contributed by atoms with Crippen molar-refractivity contribution < 1.29 is 9.32 Å². The second-order valence-corrected chi connectivity index (χ2v) is 5.24. The molecule has 6 nitrogen and oxygen atoms in total. The molecule has 0 fully saturated rings. The number of carbonyl (C=O) groups is 1. The monoisotopic (exact) mass is 328 g/mol. The molecule has 1 aromatic carbocycles. The minimum atomic E-state index is -0.129. The number of nitrogens with zero attached hydrogens (tertiary/aromatic N) is 3. The molecule has 0 aliphatic rings. The third-order valence-corrected chi connectivity index (χ3v) is 3.35. The highest BCUT2D eigenvalue weighted by Gasteiger charge is 2.10. The minimum Gasteiger partial charge on any atom is -0.339 e. The number of aromatic nitrogens is 3. The molecule has 0 aliphatic heterocycles. The summed E-state index contributed by atoms with van der Waals surface area (Å²) in [6.07, 6.45) is 3.94. The van der Waals surface area contributed by atoms with E-state index in [2.05, 4.69) is 20.4 Å². The van der Waals surface area contributed by atoms with Crippen LogP contribution in [0, 0.1) is 0 Å². The molecule has 23 heavy (non-hydrogen) atoms. The minimum absolute atomic E-state index is 0.129. The van der Waals surface area contributed by atoms with Gasteiger partial charge in [-0.15, -0.1) is 0 Å². The predicted molar refractivity (Wildman–Crippen MR) is 85.9 cm³/mol. The number of benzene rings is 1. The Hall–Kier alpha value is -2.73. The highest BCUT2D eigenvalue weighted by atomic mass is 35.5. The van der Waals surface area contributed by atoms with Crippen LogP contribution in [0.5, 0.6) is 0 Å². The van der Waals surface area contributed by atoms with Crippen LogP contribution in [-0.4, -0.2) is 21.0 Å². The molecule has 0 atom stereocenters. The molecular weight excluding hydrogens is 316 g/mol. The summed E-state index contributed by atoms with van der Waals surface area (Å²) in [5, 5.41) is 7.30. The number of nitrogens with one attached hydrogen (secondary N) is 1. The summed E-state index contributed by atoms with van der Waals surface area (Å²) in [4.78, 5) is 20.1. The van der Waals surface area contributed by atoms with E-state index in [0.717, 1.165) is 5.56 Å². The zero-order valence-electron chi connectivity index (χ0n) is 12.1. The third-order valence-electron chi connectivity index (χ3n) is 3.10. The lowest BCUT2D eigenvalue weighted by Gasteiger charge is -2.03. The van der Waals surface area contributed by atoms with Crippen molar-refractivity contribution in [3.8, 4) is 11.4 Å². The standard InChI is InChI=1S/C16H13ClN4O2/c17-12-1-3-13(4-2-12)19-14(22)5-6-15-20-16(21-23-15)11-7-9-18-10-8-11/h1-4,7-10H,5-6H2,(H,19,22). The van der Waals surface area contributed by atoms with Gasteiger partial charge in [-0.05, 0) is 36.4 Å². The molecule has 0 unspecified atom stereocenters. The summed E-state index contributed by atoms with van der Waals surface area (Å²) < 4.78 is 5.16. The van der Waals surface area contributed by atoms with Gasteiger partial charge < -0.3 is 9.84 Å². The number of carbonyl (C=O) groups excluding carboxylic acids is 1. The van der Waals surface area contributed by atoms with Crippen molar-refractivity contribution in [3.05, 3.63) is 59.7 Å². The van der Waals surface area contributed by atoms with E-state index in [1.165, 1.54) is 0 Å². The second kappa shape index (κ2) is 7.02. The molecule has 0 bridgehead atoms. The number of hydrogen-bond acceptors (Lipinski definition) is 5. The fourth-order valence-corrected chi connectivity index (χ4v) is 2.08. The van der Waals surface area contributed by atoms with Gasteiger partial charge >= 0.3 is 0 Å². The van der Waals surface area contributed by atoms with E-state index in [1.54, 1.807) is 48.8 Å². The van der Waals surface area contributed by atoms with Crippen LogP contribution in [-0.2, 0) is 11.2 Å². The van der Waals surface area contributed by atoms with Crippen molar-refractivity contribution in [2.24, 2.45) is 0 Å². The Bertz CT molecular complexity index is 787. The number of aryl methyl sites for hydroxylation is 1. The number of hydrogen-bond donors (Lipinski definition) is 1. The molecule has 0 aliphatic carbocycles. The molecule has 0 radical (unpaired) electrons. The zero-order valence-corrected chi connectivity index (χ0v) is 12.8. The van der Waals surface area contributed by atoms with Crippen LogP contribution in [0.15, 0.2) is 53.3 Å². The Morgan fingerprint density at radius 3 is 2.61 bits per heavy atom. The average molecular weight is 329 g/mol. The van der Waals surface area contributed by atoms with Crippen molar-refractivity contribution in [2.45, 2.75) is 12.8 Å². The summed E-state index contributed by atoms with van der Waals surface area (Å²) in [5.41, 5.74) is 1.52. The van der Waals surface area contributed by atoms with Gasteiger partial charge in [0.1, 0.15) is 0 Å². The summed E-state index contributed by atoms with van der Waals surface area (Å²) >= 11 is 5.80. The van der Waals surface area contributed by atoms with Gasteiger partial charge in [0.15, 0.2) is 0 Å². The summed E-state index contributed by atoms with van der Waals surface area (Å²) in [6, 6.07) is 10.5. The van der Waals surface area contributed by atoms with E-state index in [9.17, 15) is 4.79 Å². The quantitative estimate of drug-likeness (QED) is 0.776. The highest BCUT2D eigenvalue weighted by molar-refractivity contribution is 6.30. The zero-order chi connectivity index (χ0) is 16.1. The van der Waals surface area contributed by atoms with Gasteiger partial charge in [0.2, 0.25) is 17.6 Å². The number of anilines is 1. The van der Waals surface area contributed by atoms with Crippen LogP contribution < -0.4 is 5.32 Å². The van der Waals surface area contributed by atoms with Crippen molar-refractivity contribution in [1.29, 1.82) is 0 Å². The van der Waals surface area contributed by atoms with Crippen molar-refractivity contribution >= 4 is 23.2 Å². The number of halogens is 1. The SMILES string of the molecule is O=C(CCc1nc(-c2ccncc2)no1)Nc1ccc(Cl)cc1. The van der Waals surface area contributed by atoms with E-state index in [4.69, 9.17) is 16.1 Å². The lowest BCUT2D eigenvalue weighted by Crippen LogP contribution is -2.12. The van der Waals surface area contributed by atoms with Crippen molar-refractivity contribution in [1.82, 2.24) is 15.1 Å². The molecule has 0 saturated heterocycles. The molecule has 3 aromatic rings. The summed E-state index contributed by atoms with van der Waals surface area (Å²) in [7, 11) is 0. The van der Waals surface area contributed by atoms with E-state index in [0.29, 0.717) is 28.8 Å². The van der Waals surface area contributed by atoms with Crippen LogP contribution in [0.4, 0.5) is 5.69 Å². The Labute approximate surface area is 137 Å². The summed E-state index contributed by atoms with van der Waals surface area (Å²) in [6.45, 7) is 0. The van der Waals surface area contributed by atoms with Gasteiger partial charge in [0.25, 0.3) is 0 Å². The summed E-state index contributed by atoms with van der Waals surface area (Å²) in [5.74, 6) is 0.777. The van der Waals surface area contributed by atoms with Crippen LogP contribution >= 0.6 is 11.6 Å². The van der Waals surface area contributed by atoms with Gasteiger partial charge in [-0.2, -0.15) is 4.98 Å². The van der Waals surface area contributed by atoms with Crippen LogP contribution in [0.2, 0.25) is 5.02 Å². The third kappa shape index (κ3) is 4.14. The van der Waals surface area contributed by atoms with E-state index >= 15 is 0 Å². The first kappa shape index (κ1) is 15.2. The molecule has 1 N–H and O–H groups in total. The van der Waals surface area contributed by atoms with Gasteiger partial charge in [-0.25, -0.2) is 0 Å². The van der Waals surface area contributed by atoms with Gasteiger partial charge in [-0.3, -0.25) is 9.78 Å². The molecular formula is C16H13ClN4O2. The smallest absolute Gasteiger partial charge is 0.227 e. The number of amides is 1. The largest absolute Gasteiger partial charge is 0.339 e. The van der Waals surface area contributed by atoms with E-state index < -0.39 is 0 Å². The maximum absolute atomic E-state index is 11.9. The average Bonchev–Trinajstić information content (AvgIpc) is 3.05. The van der Waals surface area contributed by atoms with Gasteiger partial charge in [0, 0.05) is 41.5 Å². The van der Waals surface area contributed by atoms with Crippen molar-refractivity contribution in [2.75, 3.05) is 5.32 Å². The van der Waals surface area contributed by atoms with E-state index in [-0.39, 0.29) is 12.3 Å². The van der Waals surface area contributed by atoms with Crippen molar-refractivity contribution in [3.63, 3.8) is 0 Å². The Morgan fingerprint density at radius 2 is 1.87 bits per heavy atom. The first-order valence-corrected chi connectivity index (χ1v) is 7.37. The van der Waals surface area contributed by atoms with Crippen LogP contribution in [0.3, 0.4) is 0 Å². The molecule has 116 valence electrons. The molecule has 2 heterocycles. The maximum Gasteiger partial charge on any atom is 0.227 e. The number of rotatable bonds is 5. The normalized spacial score (nSPS) is 10.5. The molecule has 7 heteroatoms. The lowest BCUT2D eigenvalue weighted by molar-refractivity contribution is -0.116. The molecule has 1 amide bonds. The highest BCUT2D eigenvalue weighted by Crippen LogP contribution is 2.16. The topological polar surface area (TPSA) is 80.9 Å². The number of pyridine rings is 1. The Kier molecular flexibility index (Phi) is 4.63. The Balaban J connectivity index is 1.55. The molecule has 3 rings (SSSR count). The molecule has 0 spiro atoms.